The summed E-state index contributed by atoms with van der Waals surface area (Å²) in [5, 5.41) is 10.8. The summed E-state index contributed by atoms with van der Waals surface area (Å²) in [7, 11) is 1.77. The van der Waals surface area contributed by atoms with Crippen LogP contribution in [0.4, 0.5) is 17.5 Å². The van der Waals surface area contributed by atoms with Crippen molar-refractivity contribution in [3.63, 3.8) is 0 Å². The van der Waals surface area contributed by atoms with Crippen molar-refractivity contribution in [1.29, 1.82) is 0 Å². The van der Waals surface area contributed by atoms with Crippen molar-refractivity contribution >= 4 is 40.5 Å². The highest BCUT2D eigenvalue weighted by molar-refractivity contribution is 6.33. The maximum absolute atomic E-state index is 12.5. The van der Waals surface area contributed by atoms with Gasteiger partial charge in [0.15, 0.2) is 17.2 Å². The van der Waals surface area contributed by atoms with E-state index >= 15 is 0 Å². The van der Waals surface area contributed by atoms with E-state index in [9.17, 15) is 4.79 Å². The first-order valence-corrected chi connectivity index (χ1v) is 8.19. The van der Waals surface area contributed by atoms with Gasteiger partial charge in [-0.05, 0) is 12.5 Å². The molecule has 9 heteroatoms. The minimum Gasteiger partial charge on any atom is -0.478 e. The number of ketones is 1. The summed E-state index contributed by atoms with van der Waals surface area (Å²) < 4.78 is 7.20. The van der Waals surface area contributed by atoms with E-state index < -0.39 is 0 Å². The van der Waals surface area contributed by atoms with Crippen LogP contribution >= 0.6 is 11.6 Å². The number of rotatable bonds is 1. The lowest BCUT2D eigenvalue weighted by Crippen LogP contribution is -2.06. The minimum absolute atomic E-state index is 0.0257. The number of aromatic nitrogens is 4. The molecular formula is C16H15ClN6O2. The fourth-order valence-electron chi connectivity index (χ4n) is 2.66. The van der Waals surface area contributed by atoms with Crippen LogP contribution in [-0.2, 0) is 0 Å². The highest BCUT2D eigenvalue weighted by atomic mass is 35.5. The van der Waals surface area contributed by atoms with Crippen molar-refractivity contribution in [1.82, 2.24) is 19.6 Å². The molecular weight excluding hydrogens is 344 g/mol. The number of carbonyl (C=O) groups excluding carboxylic acids is 1. The highest BCUT2D eigenvalue weighted by Crippen LogP contribution is 2.28. The second kappa shape index (κ2) is 6.21. The first kappa shape index (κ1) is 15.6. The number of ether oxygens (including phenoxy) is 1. The lowest BCUT2D eigenvalue weighted by atomic mass is 10.1. The summed E-state index contributed by atoms with van der Waals surface area (Å²) in [6.45, 7) is 0.386. The standard InChI is InChI=1S/C16H15ClN6O2/c1-18-13-7-12-20-15-10(17)4-5-14(22-15)25-6-2-3-11(24)9-8-19-23(13)16(9)21-12/h4-5,7-8,18H,2-3,6H2,1H3,(H,20,21,22). The molecule has 0 saturated heterocycles. The van der Waals surface area contributed by atoms with E-state index in [1.54, 1.807) is 36.0 Å². The van der Waals surface area contributed by atoms with Crippen LogP contribution in [0.1, 0.15) is 23.2 Å². The molecule has 4 bridgehead atoms. The number of hydrogen-bond donors (Lipinski definition) is 2. The van der Waals surface area contributed by atoms with Gasteiger partial charge in [0, 0.05) is 25.6 Å². The van der Waals surface area contributed by atoms with Gasteiger partial charge in [-0.15, -0.1) is 0 Å². The first-order valence-electron chi connectivity index (χ1n) is 7.82. The second-order valence-electron chi connectivity index (χ2n) is 5.55. The van der Waals surface area contributed by atoms with Crippen LogP contribution in [0.25, 0.3) is 5.65 Å². The van der Waals surface area contributed by atoms with Gasteiger partial charge in [0.2, 0.25) is 5.88 Å². The van der Waals surface area contributed by atoms with Crippen molar-refractivity contribution in [2.24, 2.45) is 0 Å². The van der Waals surface area contributed by atoms with Crippen LogP contribution in [0.2, 0.25) is 5.02 Å². The molecule has 0 aliphatic carbocycles. The second-order valence-corrected chi connectivity index (χ2v) is 5.96. The van der Waals surface area contributed by atoms with E-state index in [-0.39, 0.29) is 5.78 Å². The Bertz CT molecular complexity index is 971. The lowest BCUT2D eigenvalue weighted by molar-refractivity contribution is 0.0974. The number of pyridine rings is 1. The number of nitrogens with one attached hydrogen (secondary N) is 2. The molecule has 3 aromatic rings. The van der Waals surface area contributed by atoms with E-state index in [1.165, 1.54) is 0 Å². The summed E-state index contributed by atoms with van der Waals surface area (Å²) in [4.78, 5) is 21.4. The minimum atomic E-state index is -0.0257. The van der Waals surface area contributed by atoms with Gasteiger partial charge in [0.05, 0.1) is 23.4 Å². The SMILES string of the molecule is CNc1cc2nc3c(cnn13)C(=O)CCCOc1ccc(Cl)c(n1)N2. The number of anilines is 3. The van der Waals surface area contributed by atoms with E-state index in [1.807, 2.05) is 0 Å². The molecule has 0 atom stereocenters. The van der Waals surface area contributed by atoms with Crippen molar-refractivity contribution in [2.45, 2.75) is 12.8 Å². The Morgan fingerprint density at radius 3 is 3.08 bits per heavy atom. The Labute approximate surface area is 148 Å². The van der Waals surface area contributed by atoms with Crippen LogP contribution in [0.5, 0.6) is 5.88 Å². The number of hydrogen-bond acceptors (Lipinski definition) is 7. The predicted molar refractivity (Wildman–Crippen MR) is 94.1 cm³/mol. The summed E-state index contributed by atoms with van der Waals surface area (Å²) in [5.41, 5.74) is 0.956. The van der Waals surface area contributed by atoms with Crippen molar-refractivity contribution in [3.05, 3.63) is 35.0 Å². The molecule has 4 rings (SSSR count). The Hall–Kier alpha value is -2.87. The topological polar surface area (TPSA) is 93.4 Å². The lowest BCUT2D eigenvalue weighted by Gasteiger charge is -2.11. The van der Waals surface area contributed by atoms with E-state index in [2.05, 4.69) is 25.7 Å². The number of Topliss-reactive ketones (excluding diaryl/α,β-unsaturated/α-hetero) is 1. The third-order valence-corrected chi connectivity index (χ3v) is 4.20. The largest absolute Gasteiger partial charge is 0.478 e. The molecule has 0 radical (unpaired) electrons. The van der Waals surface area contributed by atoms with Gasteiger partial charge >= 0.3 is 0 Å². The molecule has 25 heavy (non-hydrogen) atoms. The van der Waals surface area contributed by atoms with Gasteiger partial charge in [-0.2, -0.15) is 14.6 Å². The Balaban J connectivity index is 1.90. The molecule has 1 aliphatic rings. The van der Waals surface area contributed by atoms with Gasteiger partial charge in [-0.1, -0.05) is 11.6 Å². The number of halogens is 1. The zero-order valence-corrected chi connectivity index (χ0v) is 14.2. The van der Waals surface area contributed by atoms with Gasteiger partial charge in [-0.25, -0.2) is 4.98 Å². The van der Waals surface area contributed by atoms with Crippen LogP contribution in [-0.4, -0.2) is 39.0 Å². The van der Waals surface area contributed by atoms with Crippen molar-refractivity contribution in [3.8, 4) is 5.88 Å². The predicted octanol–water partition coefficient (Wildman–Crippen LogP) is 2.92. The Morgan fingerprint density at radius 2 is 2.24 bits per heavy atom. The van der Waals surface area contributed by atoms with Crippen molar-refractivity contribution < 1.29 is 9.53 Å². The molecule has 0 fully saturated rings. The van der Waals surface area contributed by atoms with E-state index in [0.29, 0.717) is 59.0 Å². The molecule has 8 nitrogen and oxygen atoms in total. The van der Waals surface area contributed by atoms with Crippen molar-refractivity contribution in [2.75, 3.05) is 24.3 Å². The third-order valence-electron chi connectivity index (χ3n) is 3.89. The average molecular weight is 359 g/mol. The fraction of sp³-hybridized carbons (Fsp3) is 0.250. The van der Waals surface area contributed by atoms with Gasteiger partial charge in [0.1, 0.15) is 11.6 Å². The molecule has 128 valence electrons. The first-order chi connectivity index (χ1) is 12.2. The van der Waals surface area contributed by atoms with Crippen LogP contribution in [0.3, 0.4) is 0 Å². The summed E-state index contributed by atoms with van der Waals surface area (Å²) >= 11 is 6.22. The van der Waals surface area contributed by atoms with Crippen LogP contribution in [0, 0.1) is 0 Å². The normalized spacial score (nSPS) is 14.2. The maximum atomic E-state index is 12.5. The average Bonchev–Trinajstić information content (AvgIpc) is 3.04. The molecule has 4 heterocycles. The molecule has 3 aromatic heterocycles. The smallest absolute Gasteiger partial charge is 0.215 e. The number of nitrogens with zero attached hydrogens (tertiary/aromatic N) is 4. The maximum Gasteiger partial charge on any atom is 0.215 e. The van der Waals surface area contributed by atoms with Gasteiger partial charge < -0.3 is 15.4 Å². The van der Waals surface area contributed by atoms with Crippen LogP contribution < -0.4 is 15.4 Å². The molecule has 0 spiro atoms. The Kier molecular flexibility index (Phi) is 3.89. The molecule has 0 saturated carbocycles. The van der Waals surface area contributed by atoms with Gasteiger partial charge in [0.25, 0.3) is 0 Å². The zero-order chi connectivity index (χ0) is 17.4. The zero-order valence-electron chi connectivity index (χ0n) is 13.4. The van der Waals surface area contributed by atoms with E-state index in [0.717, 1.165) is 0 Å². The summed E-state index contributed by atoms with van der Waals surface area (Å²) in [5.74, 6) is 2.03. The molecule has 0 unspecified atom stereocenters. The molecule has 0 aromatic carbocycles. The monoisotopic (exact) mass is 358 g/mol. The summed E-state index contributed by atoms with van der Waals surface area (Å²) in [6, 6.07) is 5.16. The molecule has 1 aliphatic heterocycles. The highest BCUT2D eigenvalue weighted by Gasteiger charge is 2.18. The van der Waals surface area contributed by atoms with Gasteiger partial charge in [-0.3, -0.25) is 4.79 Å². The molecule has 2 N–H and O–H groups in total. The third kappa shape index (κ3) is 2.85. The Morgan fingerprint density at radius 1 is 1.36 bits per heavy atom. The fourth-order valence-corrected chi connectivity index (χ4v) is 2.81. The quantitative estimate of drug-likeness (QED) is 0.690. The number of carbonyl (C=O) groups is 1. The summed E-state index contributed by atoms with van der Waals surface area (Å²) in [6.07, 6.45) is 2.46. The number of fused-ring (bicyclic) bond motifs is 3. The van der Waals surface area contributed by atoms with Crippen LogP contribution in [0.15, 0.2) is 24.4 Å². The molecule has 0 amide bonds. The van der Waals surface area contributed by atoms with E-state index in [4.69, 9.17) is 16.3 Å².